The minimum atomic E-state index is -0.841. The molecule has 1 aliphatic rings. The molecule has 0 radical (unpaired) electrons. The molecule has 3 amide bonds. The highest BCUT2D eigenvalue weighted by molar-refractivity contribution is 5.95. The number of furan rings is 1. The number of nitrogens with zero attached hydrogens (tertiary/aromatic N) is 2. The Hall–Kier alpha value is -3.94. The van der Waals surface area contributed by atoms with E-state index in [0.29, 0.717) is 18.5 Å². The van der Waals surface area contributed by atoms with Crippen molar-refractivity contribution in [1.29, 1.82) is 0 Å². The first kappa shape index (κ1) is 25.2. The predicted molar refractivity (Wildman–Crippen MR) is 135 cm³/mol. The molecule has 4 rings (SSSR count). The Morgan fingerprint density at radius 3 is 2.42 bits per heavy atom. The van der Waals surface area contributed by atoms with Crippen LogP contribution in [0.5, 0.6) is 0 Å². The van der Waals surface area contributed by atoms with Gasteiger partial charge < -0.3 is 20.0 Å². The molecule has 0 saturated heterocycles. The summed E-state index contributed by atoms with van der Waals surface area (Å²) < 4.78 is 5.12. The van der Waals surface area contributed by atoms with Crippen LogP contribution in [-0.4, -0.2) is 46.7 Å². The monoisotopic (exact) mass is 488 g/mol. The van der Waals surface area contributed by atoms with Gasteiger partial charge in [-0.25, -0.2) is 0 Å². The molecule has 1 saturated carbocycles. The van der Waals surface area contributed by atoms with Crippen LogP contribution >= 0.6 is 0 Å². The third-order valence-electron chi connectivity index (χ3n) is 6.48. The van der Waals surface area contributed by atoms with Gasteiger partial charge in [-0.1, -0.05) is 49.6 Å². The molecule has 0 bridgehead atoms. The van der Waals surface area contributed by atoms with Crippen molar-refractivity contribution < 1.29 is 18.8 Å². The quantitative estimate of drug-likeness (QED) is 0.453. The van der Waals surface area contributed by atoms with Crippen molar-refractivity contribution in [2.75, 3.05) is 13.1 Å². The number of hydrogen-bond acceptors (Lipinski definition) is 5. The zero-order valence-electron chi connectivity index (χ0n) is 20.3. The molecule has 2 N–H and O–H groups in total. The second-order valence-electron chi connectivity index (χ2n) is 9.01. The van der Waals surface area contributed by atoms with E-state index in [0.717, 1.165) is 31.2 Å². The molecule has 3 aromatic rings. The average molecular weight is 489 g/mol. The van der Waals surface area contributed by atoms with E-state index in [1.54, 1.807) is 35.5 Å². The van der Waals surface area contributed by atoms with Gasteiger partial charge in [0.15, 0.2) is 5.76 Å². The number of nitrogens with one attached hydrogen (secondary N) is 2. The second kappa shape index (κ2) is 12.7. The lowest BCUT2D eigenvalue weighted by atomic mass is 9.94. The van der Waals surface area contributed by atoms with Crippen molar-refractivity contribution in [3.8, 4) is 0 Å². The molecule has 2 heterocycles. The number of hydrogen-bond donors (Lipinski definition) is 2. The van der Waals surface area contributed by atoms with Crippen LogP contribution in [0.25, 0.3) is 0 Å². The third-order valence-corrected chi connectivity index (χ3v) is 6.48. The Bertz CT molecular complexity index is 1110. The highest BCUT2D eigenvalue weighted by Crippen LogP contribution is 2.24. The maximum absolute atomic E-state index is 13.7. The van der Waals surface area contributed by atoms with E-state index in [1.807, 2.05) is 30.3 Å². The Labute approximate surface area is 211 Å². The van der Waals surface area contributed by atoms with Gasteiger partial charge in [0.2, 0.25) is 11.8 Å². The van der Waals surface area contributed by atoms with Crippen molar-refractivity contribution in [2.24, 2.45) is 0 Å². The molecule has 1 aliphatic carbocycles. The highest BCUT2D eigenvalue weighted by atomic mass is 16.3. The van der Waals surface area contributed by atoms with Crippen LogP contribution < -0.4 is 10.6 Å². The van der Waals surface area contributed by atoms with E-state index >= 15 is 0 Å². The van der Waals surface area contributed by atoms with Crippen LogP contribution in [-0.2, 0) is 16.0 Å². The summed E-state index contributed by atoms with van der Waals surface area (Å²) in [5.41, 5.74) is 1.73. The third kappa shape index (κ3) is 6.81. The minimum Gasteiger partial charge on any atom is -0.459 e. The Balaban J connectivity index is 1.57. The van der Waals surface area contributed by atoms with Gasteiger partial charge >= 0.3 is 0 Å². The van der Waals surface area contributed by atoms with Gasteiger partial charge in [-0.3, -0.25) is 19.4 Å². The van der Waals surface area contributed by atoms with E-state index in [-0.39, 0.29) is 30.2 Å². The summed E-state index contributed by atoms with van der Waals surface area (Å²) >= 11 is 0. The normalized spacial score (nSPS) is 14.6. The van der Waals surface area contributed by atoms with Crippen LogP contribution in [0.1, 0.15) is 59.8 Å². The first-order valence-electron chi connectivity index (χ1n) is 12.5. The summed E-state index contributed by atoms with van der Waals surface area (Å²) in [7, 11) is 0. The summed E-state index contributed by atoms with van der Waals surface area (Å²) in [6, 6.07) is 15.7. The second-order valence-corrected chi connectivity index (χ2v) is 9.01. The number of pyridine rings is 1. The van der Waals surface area contributed by atoms with E-state index < -0.39 is 11.9 Å². The molecule has 8 nitrogen and oxygen atoms in total. The smallest absolute Gasteiger partial charge is 0.287 e. The molecule has 1 atom stereocenters. The SMILES string of the molecule is O=C(NCC(=O)N(CCc1ccccc1)[C@@H](C(=O)NC1CCCCC1)c1ccncc1)c1ccco1. The average Bonchev–Trinajstić information content (AvgIpc) is 3.46. The maximum atomic E-state index is 13.7. The molecular weight excluding hydrogens is 456 g/mol. The molecule has 0 aliphatic heterocycles. The zero-order chi connectivity index (χ0) is 25.2. The molecular formula is C28H32N4O4. The number of carbonyl (C=O) groups excluding carboxylic acids is 3. The summed E-state index contributed by atoms with van der Waals surface area (Å²) in [6.45, 7) is 0.0527. The van der Waals surface area contributed by atoms with E-state index in [9.17, 15) is 14.4 Å². The van der Waals surface area contributed by atoms with Crippen molar-refractivity contribution in [1.82, 2.24) is 20.5 Å². The Kier molecular flexibility index (Phi) is 8.86. The lowest BCUT2D eigenvalue weighted by molar-refractivity contribution is -0.140. The number of aromatic nitrogens is 1. The van der Waals surface area contributed by atoms with Crippen LogP contribution in [0, 0.1) is 0 Å². The first-order valence-corrected chi connectivity index (χ1v) is 12.5. The van der Waals surface area contributed by atoms with Gasteiger partial charge in [0.25, 0.3) is 5.91 Å². The van der Waals surface area contributed by atoms with E-state index in [1.165, 1.54) is 18.8 Å². The van der Waals surface area contributed by atoms with Gasteiger partial charge in [0, 0.05) is 25.0 Å². The van der Waals surface area contributed by atoms with Crippen LogP contribution in [0.2, 0.25) is 0 Å². The van der Waals surface area contributed by atoms with Gasteiger partial charge in [0.05, 0.1) is 12.8 Å². The molecule has 0 unspecified atom stereocenters. The highest BCUT2D eigenvalue weighted by Gasteiger charge is 2.33. The standard InChI is InChI=1S/C28H32N4O4/c33-25(20-30-27(34)24-12-7-19-36-24)32(18-15-21-8-3-1-4-9-21)26(22-13-16-29-17-14-22)28(35)31-23-10-5-2-6-11-23/h1,3-4,7-9,12-14,16-17,19,23,26H,2,5-6,10-11,15,18,20H2,(H,30,34)(H,31,35)/t26-/m1/s1. The summed E-state index contributed by atoms with van der Waals surface area (Å²) in [6.07, 6.45) is 10.4. The molecule has 2 aromatic heterocycles. The van der Waals surface area contributed by atoms with Crippen molar-refractivity contribution in [2.45, 2.75) is 50.6 Å². The molecule has 1 fully saturated rings. The topological polar surface area (TPSA) is 105 Å². The van der Waals surface area contributed by atoms with Crippen LogP contribution in [0.4, 0.5) is 0 Å². The van der Waals surface area contributed by atoms with Gasteiger partial charge in [-0.15, -0.1) is 0 Å². The molecule has 0 spiro atoms. The Morgan fingerprint density at radius 1 is 0.972 bits per heavy atom. The summed E-state index contributed by atoms with van der Waals surface area (Å²) in [5.74, 6) is -0.929. The number of amides is 3. The zero-order valence-corrected chi connectivity index (χ0v) is 20.3. The molecule has 1 aromatic carbocycles. The Morgan fingerprint density at radius 2 is 1.72 bits per heavy atom. The lowest BCUT2D eigenvalue weighted by Gasteiger charge is -2.33. The van der Waals surface area contributed by atoms with Crippen molar-refractivity contribution >= 4 is 17.7 Å². The number of rotatable bonds is 10. The predicted octanol–water partition coefficient (Wildman–Crippen LogP) is 3.67. The fraction of sp³-hybridized carbons (Fsp3) is 0.357. The van der Waals surface area contributed by atoms with Crippen LogP contribution in [0.15, 0.2) is 77.7 Å². The molecule has 36 heavy (non-hydrogen) atoms. The molecule has 8 heteroatoms. The number of benzene rings is 1. The van der Waals surface area contributed by atoms with Crippen LogP contribution in [0.3, 0.4) is 0 Å². The van der Waals surface area contributed by atoms with Gasteiger partial charge in [-0.05, 0) is 54.7 Å². The molecule has 188 valence electrons. The van der Waals surface area contributed by atoms with Gasteiger partial charge in [-0.2, -0.15) is 0 Å². The van der Waals surface area contributed by atoms with Crippen molar-refractivity contribution in [3.05, 3.63) is 90.1 Å². The van der Waals surface area contributed by atoms with E-state index in [2.05, 4.69) is 15.6 Å². The summed E-state index contributed by atoms with van der Waals surface area (Å²) in [4.78, 5) is 45.2. The number of carbonyl (C=O) groups is 3. The maximum Gasteiger partial charge on any atom is 0.287 e. The fourth-order valence-corrected chi connectivity index (χ4v) is 4.59. The fourth-order valence-electron chi connectivity index (χ4n) is 4.59. The largest absolute Gasteiger partial charge is 0.459 e. The minimum absolute atomic E-state index is 0.0975. The summed E-state index contributed by atoms with van der Waals surface area (Å²) in [5, 5.41) is 5.80. The lowest BCUT2D eigenvalue weighted by Crippen LogP contribution is -2.50. The first-order chi connectivity index (χ1) is 17.6. The van der Waals surface area contributed by atoms with Gasteiger partial charge in [0.1, 0.15) is 6.04 Å². The van der Waals surface area contributed by atoms with Crippen molar-refractivity contribution in [3.63, 3.8) is 0 Å². The van der Waals surface area contributed by atoms with E-state index in [4.69, 9.17) is 4.42 Å².